The number of benzene rings is 3. The lowest BCUT2D eigenvalue weighted by atomic mass is 9.76. The molecule has 0 saturated carbocycles. The van der Waals surface area contributed by atoms with Gasteiger partial charge in [-0.05, 0) is 40.8 Å². The van der Waals surface area contributed by atoms with Gasteiger partial charge in [-0.1, -0.05) is 77.8 Å². The lowest BCUT2D eigenvalue weighted by Crippen LogP contribution is -2.29. The maximum atomic E-state index is 6.54. The van der Waals surface area contributed by atoms with Crippen molar-refractivity contribution in [2.45, 2.75) is 18.4 Å². The molecule has 25 heavy (non-hydrogen) atoms. The molecule has 1 heterocycles. The van der Waals surface area contributed by atoms with Crippen molar-refractivity contribution in [2.75, 3.05) is 5.32 Å². The number of anilines is 1. The molecule has 0 amide bonds. The second-order valence-corrected chi connectivity index (χ2v) is 7.74. The highest BCUT2D eigenvalue weighted by atomic mass is 35.5. The minimum Gasteiger partial charge on any atom is -0.378 e. The fourth-order valence-corrected chi connectivity index (χ4v) is 5.09. The number of fused-ring (bicyclic) bond motifs is 4. The number of nitrogens with one attached hydrogen (secondary N) is 1. The van der Waals surface area contributed by atoms with Crippen LogP contribution in [0, 0.1) is 5.92 Å². The minimum absolute atomic E-state index is 0.244. The van der Waals surface area contributed by atoms with Crippen molar-refractivity contribution in [3.8, 4) is 0 Å². The Morgan fingerprint density at radius 1 is 0.960 bits per heavy atom. The summed E-state index contributed by atoms with van der Waals surface area (Å²) in [6, 6.07) is 19.3. The molecule has 3 atom stereocenters. The Bertz CT molecular complexity index is 1000. The zero-order valence-corrected chi connectivity index (χ0v) is 15.1. The second-order valence-electron chi connectivity index (χ2n) is 6.89. The molecule has 3 aromatic carbocycles. The van der Waals surface area contributed by atoms with E-state index < -0.39 is 0 Å². The standard InChI is InChI=1S/C22H17Cl2N/c23-14-11-19(24)21-16-8-4-10-18(16)22(25-20(21)12-14)17-9-3-6-13-5-1-2-7-15(13)17/h1-9,11-12,16,18,22,25H,10H2/t16-,18+,22+/m0/s1. The molecule has 0 fully saturated rings. The van der Waals surface area contributed by atoms with Crippen molar-refractivity contribution in [3.63, 3.8) is 0 Å². The summed E-state index contributed by atoms with van der Waals surface area (Å²) < 4.78 is 0. The van der Waals surface area contributed by atoms with E-state index >= 15 is 0 Å². The Balaban J connectivity index is 1.70. The molecule has 0 radical (unpaired) electrons. The zero-order chi connectivity index (χ0) is 17.0. The summed E-state index contributed by atoms with van der Waals surface area (Å²) in [5, 5.41) is 7.77. The third-order valence-electron chi connectivity index (χ3n) is 5.54. The van der Waals surface area contributed by atoms with Crippen molar-refractivity contribution in [1.82, 2.24) is 0 Å². The lowest BCUT2D eigenvalue weighted by Gasteiger charge is -2.38. The first-order valence-corrected chi connectivity index (χ1v) is 9.38. The highest BCUT2D eigenvalue weighted by Crippen LogP contribution is 2.53. The molecule has 3 aromatic rings. The van der Waals surface area contributed by atoms with Gasteiger partial charge in [0, 0.05) is 27.2 Å². The molecule has 1 nitrogen and oxygen atoms in total. The average Bonchev–Trinajstić information content (AvgIpc) is 3.09. The van der Waals surface area contributed by atoms with Crippen LogP contribution in [0.5, 0.6) is 0 Å². The third-order valence-corrected chi connectivity index (χ3v) is 6.07. The molecule has 3 heteroatoms. The van der Waals surface area contributed by atoms with Gasteiger partial charge in [0.05, 0.1) is 6.04 Å². The fourth-order valence-electron chi connectivity index (χ4n) is 4.47. The Hall–Kier alpha value is -1.96. The second kappa shape index (κ2) is 5.79. The zero-order valence-electron chi connectivity index (χ0n) is 13.5. The fraction of sp³-hybridized carbons (Fsp3) is 0.182. The third kappa shape index (κ3) is 2.38. The smallest absolute Gasteiger partial charge is 0.0560 e. The molecule has 1 aliphatic heterocycles. The van der Waals surface area contributed by atoms with Crippen molar-refractivity contribution < 1.29 is 0 Å². The molecule has 0 saturated heterocycles. The monoisotopic (exact) mass is 365 g/mol. The molecule has 2 aliphatic rings. The summed E-state index contributed by atoms with van der Waals surface area (Å²) in [5.74, 6) is 0.807. The highest BCUT2D eigenvalue weighted by Gasteiger charge is 2.39. The maximum absolute atomic E-state index is 6.54. The Morgan fingerprint density at radius 3 is 2.72 bits per heavy atom. The van der Waals surface area contributed by atoms with E-state index in [4.69, 9.17) is 23.2 Å². The van der Waals surface area contributed by atoms with E-state index in [1.807, 2.05) is 12.1 Å². The Kier molecular flexibility index (Phi) is 3.55. The van der Waals surface area contributed by atoms with E-state index in [1.165, 1.54) is 21.9 Å². The van der Waals surface area contributed by atoms with E-state index in [2.05, 4.69) is 59.9 Å². The molecule has 0 aromatic heterocycles. The van der Waals surface area contributed by atoms with Crippen LogP contribution in [0.1, 0.15) is 29.5 Å². The van der Waals surface area contributed by atoms with Crippen LogP contribution < -0.4 is 5.32 Å². The Labute approximate surface area is 157 Å². The number of halogens is 2. The van der Waals surface area contributed by atoms with Crippen molar-refractivity contribution in [2.24, 2.45) is 5.92 Å². The first-order chi connectivity index (χ1) is 12.2. The number of rotatable bonds is 1. The molecule has 1 aliphatic carbocycles. The SMILES string of the molecule is Clc1cc(Cl)c2c(c1)N[C@H](c1cccc3ccccc13)[C@@H]1CC=C[C@H]21. The molecule has 0 unspecified atom stereocenters. The minimum atomic E-state index is 0.244. The summed E-state index contributed by atoms with van der Waals surface area (Å²) in [5.41, 5.74) is 3.59. The van der Waals surface area contributed by atoms with E-state index in [0.717, 1.165) is 17.1 Å². The molecule has 5 rings (SSSR count). The van der Waals surface area contributed by atoms with Crippen LogP contribution in [-0.4, -0.2) is 0 Å². The molecule has 1 N–H and O–H groups in total. The molecule has 0 spiro atoms. The Morgan fingerprint density at radius 2 is 1.80 bits per heavy atom. The summed E-state index contributed by atoms with van der Waals surface area (Å²) in [4.78, 5) is 0. The predicted octanol–water partition coefficient (Wildman–Crippen LogP) is 6.97. The number of hydrogen-bond donors (Lipinski definition) is 1. The summed E-state index contributed by atoms with van der Waals surface area (Å²) in [6.45, 7) is 0. The highest BCUT2D eigenvalue weighted by molar-refractivity contribution is 6.35. The number of hydrogen-bond acceptors (Lipinski definition) is 1. The van der Waals surface area contributed by atoms with Crippen LogP contribution in [0.15, 0.2) is 66.7 Å². The van der Waals surface area contributed by atoms with E-state index in [9.17, 15) is 0 Å². The van der Waals surface area contributed by atoms with Crippen LogP contribution >= 0.6 is 23.2 Å². The normalized spacial score (nSPS) is 24.0. The predicted molar refractivity (Wildman–Crippen MR) is 107 cm³/mol. The van der Waals surface area contributed by atoms with Crippen LogP contribution in [0.25, 0.3) is 10.8 Å². The van der Waals surface area contributed by atoms with Gasteiger partial charge in [0.15, 0.2) is 0 Å². The largest absolute Gasteiger partial charge is 0.378 e. The molecular weight excluding hydrogens is 349 g/mol. The van der Waals surface area contributed by atoms with E-state index in [0.29, 0.717) is 16.9 Å². The summed E-state index contributed by atoms with van der Waals surface area (Å²) in [6.07, 6.45) is 5.65. The van der Waals surface area contributed by atoms with Crippen molar-refractivity contribution >= 4 is 39.7 Å². The average molecular weight is 366 g/mol. The van der Waals surface area contributed by atoms with E-state index in [-0.39, 0.29) is 6.04 Å². The summed E-state index contributed by atoms with van der Waals surface area (Å²) in [7, 11) is 0. The van der Waals surface area contributed by atoms with Gasteiger partial charge in [-0.2, -0.15) is 0 Å². The lowest BCUT2D eigenvalue weighted by molar-refractivity contribution is 0.427. The summed E-state index contributed by atoms with van der Waals surface area (Å²) >= 11 is 12.8. The first kappa shape index (κ1) is 15.3. The first-order valence-electron chi connectivity index (χ1n) is 8.62. The van der Waals surface area contributed by atoms with Gasteiger partial charge in [-0.25, -0.2) is 0 Å². The van der Waals surface area contributed by atoms with Crippen molar-refractivity contribution in [1.29, 1.82) is 0 Å². The van der Waals surface area contributed by atoms with Crippen molar-refractivity contribution in [3.05, 3.63) is 87.9 Å². The van der Waals surface area contributed by atoms with Crippen LogP contribution in [0.4, 0.5) is 5.69 Å². The van der Waals surface area contributed by atoms with Crippen LogP contribution in [-0.2, 0) is 0 Å². The van der Waals surface area contributed by atoms with Gasteiger partial charge >= 0.3 is 0 Å². The van der Waals surface area contributed by atoms with Gasteiger partial charge in [0.2, 0.25) is 0 Å². The van der Waals surface area contributed by atoms with Gasteiger partial charge in [-0.3, -0.25) is 0 Å². The van der Waals surface area contributed by atoms with Gasteiger partial charge in [0.1, 0.15) is 0 Å². The van der Waals surface area contributed by atoms with E-state index in [1.54, 1.807) is 0 Å². The maximum Gasteiger partial charge on any atom is 0.0560 e. The van der Waals surface area contributed by atoms with Gasteiger partial charge in [0.25, 0.3) is 0 Å². The van der Waals surface area contributed by atoms with Crippen LogP contribution in [0.3, 0.4) is 0 Å². The molecule has 0 bridgehead atoms. The quantitative estimate of drug-likeness (QED) is 0.459. The number of allylic oxidation sites excluding steroid dienone is 2. The van der Waals surface area contributed by atoms with Gasteiger partial charge in [-0.15, -0.1) is 0 Å². The molecular formula is C22H17Cl2N. The molecule has 124 valence electrons. The van der Waals surface area contributed by atoms with Gasteiger partial charge < -0.3 is 5.32 Å². The topological polar surface area (TPSA) is 12.0 Å². The van der Waals surface area contributed by atoms with Crippen LogP contribution in [0.2, 0.25) is 10.0 Å².